The van der Waals surface area contributed by atoms with Gasteiger partial charge in [-0.25, -0.2) is 0 Å². The topological polar surface area (TPSA) is 79.1 Å². The Balaban J connectivity index is 1.81. The number of fused-ring (bicyclic) bond motifs is 1. The third kappa shape index (κ3) is 5.45. The molecule has 9 heteroatoms. The monoisotopic (exact) mass is 478 g/mol. The van der Waals surface area contributed by atoms with E-state index in [1.165, 1.54) is 18.4 Å². The largest absolute Gasteiger partial charge is 0.494 e. The number of amides is 1. The van der Waals surface area contributed by atoms with E-state index in [1.54, 1.807) is 28.8 Å². The van der Waals surface area contributed by atoms with Crippen molar-refractivity contribution in [1.29, 1.82) is 0 Å². The number of aromatic nitrogens is 1. The maximum absolute atomic E-state index is 12.4. The number of carbonyl (C=O) groups excluding carboxylic acids is 2. The van der Waals surface area contributed by atoms with Crippen LogP contribution in [0.3, 0.4) is 0 Å². The molecule has 0 aliphatic heterocycles. The van der Waals surface area contributed by atoms with E-state index in [0.717, 1.165) is 20.4 Å². The summed E-state index contributed by atoms with van der Waals surface area (Å²) in [7, 11) is 1.32. The standard InChI is InChI=1S/C20H19BrN2O5S/c1-3-27-14-5-7-15(8-6-14)28-12-18(24)22-20-23(11-19(25)26-2)16-9-4-13(21)10-17(16)29-20/h4-10H,3,11-12H2,1-2H3. The van der Waals surface area contributed by atoms with Crippen LogP contribution in [0, 0.1) is 0 Å². The van der Waals surface area contributed by atoms with E-state index in [9.17, 15) is 9.59 Å². The lowest BCUT2D eigenvalue weighted by atomic mass is 10.3. The molecule has 1 heterocycles. The van der Waals surface area contributed by atoms with Gasteiger partial charge >= 0.3 is 5.97 Å². The summed E-state index contributed by atoms with van der Waals surface area (Å²) in [6, 6.07) is 12.6. The van der Waals surface area contributed by atoms with Gasteiger partial charge in [-0.2, -0.15) is 4.99 Å². The van der Waals surface area contributed by atoms with Crippen molar-refractivity contribution in [3.63, 3.8) is 0 Å². The molecule has 0 saturated carbocycles. The summed E-state index contributed by atoms with van der Waals surface area (Å²) in [5.74, 6) is 0.395. The lowest BCUT2D eigenvalue weighted by Gasteiger charge is -2.06. The lowest BCUT2D eigenvalue weighted by molar-refractivity contribution is -0.141. The molecule has 0 aliphatic carbocycles. The fraction of sp³-hybridized carbons (Fsp3) is 0.250. The average molecular weight is 479 g/mol. The van der Waals surface area contributed by atoms with Crippen LogP contribution in [0.5, 0.6) is 11.5 Å². The van der Waals surface area contributed by atoms with Crippen LogP contribution in [-0.4, -0.2) is 36.8 Å². The summed E-state index contributed by atoms with van der Waals surface area (Å²) < 4.78 is 19.1. The lowest BCUT2D eigenvalue weighted by Crippen LogP contribution is -2.23. The minimum absolute atomic E-state index is 0.0377. The number of thiazole rings is 1. The predicted molar refractivity (Wildman–Crippen MR) is 113 cm³/mol. The first-order chi connectivity index (χ1) is 14.0. The van der Waals surface area contributed by atoms with Gasteiger partial charge < -0.3 is 18.8 Å². The molecule has 7 nitrogen and oxygen atoms in total. The molecule has 0 saturated heterocycles. The number of carbonyl (C=O) groups is 2. The summed E-state index contributed by atoms with van der Waals surface area (Å²) >= 11 is 4.74. The molecule has 0 unspecified atom stereocenters. The van der Waals surface area contributed by atoms with Crippen molar-refractivity contribution in [3.05, 3.63) is 51.7 Å². The molecule has 29 heavy (non-hydrogen) atoms. The van der Waals surface area contributed by atoms with Gasteiger partial charge in [-0.3, -0.25) is 9.59 Å². The maximum atomic E-state index is 12.4. The SMILES string of the molecule is CCOc1ccc(OCC(=O)N=c2sc3cc(Br)ccc3n2CC(=O)OC)cc1. The van der Waals surface area contributed by atoms with Crippen LogP contribution in [0.2, 0.25) is 0 Å². The van der Waals surface area contributed by atoms with Crippen molar-refractivity contribution in [2.75, 3.05) is 20.3 Å². The number of rotatable bonds is 7. The Bertz CT molecular complexity index is 1090. The highest BCUT2D eigenvalue weighted by molar-refractivity contribution is 9.10. The zero-order chi connectivity index (χ0) is 20.8. The number of hydrogen-bond acceptors (Lipinski definition) is 6. The number of nitrogens with zero attached hydrogens (tertiary/aromatic N) is 2. The number of benzene rings is 2. The van der Waals surface area contributed by atoms with E-state index in [1.807, 2.05) is 25.1 Å². The van der Waals surface area contributed by atoms with Crippen LogP contribution in [-0.2, 0) is 20.9 Å². The van der Waals surface area contributed by atoms with E-state index < -0.39 is 11.9 Å². The van der Waals surface area contributed by atoms with Crippen LogP contribution < -0.4 is 14.3 Å². The average Bonchev–Trinajstić information content (AvgIpc) is 3.03. The van der Waals surface area contributed by atoms with Crippen LogP contribution in [0.4, 0.5) is 0 Å². The van der Waals surface area contributed by atoms with Gasteiger partial charge in [-0.15, -0.1) is 0 Å². The molecule has 0 N–H and O–H groups in total. The molecule has 0 aliphatic rings. The fourth-order valence-corrected chi connectivity index (χ4v) is 4.16. The highest BCUT2D eigenvalue weighted by Gasteiger charge is 2.12. The molecule has 3 rings (SSSR count). The number of halogens is 1. The van der Waals surface area contributed by atoms with Gasteiger partial charge in [-0.1, -0.05) is 27.3 Å². The van der Waals surface area contributed by atoms with Crippen LogP contribution in [0.25, 0.3) is 10.2 Å². The maximum Gasteiger partial charge on any atom is 0.325 e. The Kier molecular flexibility index (Phi) is 7.05. The first-order valence-corrected chi connectivity index (χ1v) is 10.4. The highest BCUT2D eigenvalue weighted by Crippen LogP contribution is 2.22. The van der Waals surface area contributed by atoms with E-state index in [2.05, 4.69) is 20.9 Å². The van der Waals surface area contributed by atoms with E-state index in [-0.39, 0.29) is 13.2 Å². The van der Waals surface area contributed by atoms with E-state index >= 15 is 0 Å². The first-order valence-electron chi connectivity index (χ1n) is 8.79. The van der Waals surface area contributed by atoms with Crippen LogP contribution in [0.1, 0.15) is 6.92 Å². The summed E-state index contributed by atoms with van der Waals surface area (Å²) in [6.07, 6.45) is 0. The van der Waals surface area contributed by atoms with Gasteiger partial charge in [0.2, 0.25) is 0 Å². The molecule has 0 spiro atoms. The molecule has 0 radical (unpaired) electrons. The smallest absolute Gasteiger partial charge is 0.325 e. The molecule has 0 fully saturated rings. The fourth-order valence-electron chi connectivity index (χ4n) is 2.56. The second kappa shape index (κ2) is 9.71. The summed E-state index contributed by atoms with van der Waals surface area (Å²) in [5, 5.41) is 0. The number of hydrogen-bond donors (Lipinski definition) is 0. The molecular formula is C20H19BrN2O5S. The normalized spacial score (nSPS) is 11.5. The second-order valence-electron chi connectivity index (χ2n) is 5.86. The third-order valence-electron chi connectivity index (χ3n) is 3.88. The second-order valence-corrected chi connectivity index (χ2v) is 7.78. The number of esters is 1. The summed E-state index contributed by atoms with van der Waals surface area (Å²) in [4.78, 5) is 28.7. The van der Waals surface area contributed by atoms with Crippen molar-refractivity contribution in [1.82, 2.24) is 4.57 Å². The zero-order valence-corrected chi connectivity index (χ0v) is 18.3. The Labute approximate surface area is 179 Å². The number of ether oxygens (including phenoxy) is 3. The Morgan fingerprint density at radius 2 is 1.79 bits per heavy atom. The van der Waals surface area contributed by atoms with E-state index in [0.29, 0.717) is 17.2 Å². The molecule has 2 aromatic carbocycles. The van der Waals surface area contributed by atoms with Gasteiger partial charge in [0, 0.05) is 4.47 Å². The Hall–Kier alpha value is -2.65. The quantitative estimate of drug-likeness (QED) is 0.485. The van der Waals surface area contributed by atoms with Gasteiger partial charge in [0.1, 0.15) is 18.0 Å². The van der Waals surface area contributed by atoms with Gasteiger partial charge in [0.05, 0.1) is 23.9 Å². The van der Waals surface area contributed by atoms with Gasteiger partial charge in [0.25, 0.3) is 5.91 Å². The number of methoxy groups -OCH3 is 1. The van der Waals surface area contributed by atoms with Crippen molar-refractivity contribution in [2.24, 2.45) is 4.99 Å². The minimum atomic E-state index is -0.455. The molecule has 152 valence electrons. The van der Waals surface area contributed by atoms with Gasteiger partial charge in [0.15, 0.2) is 11.4 Å². The van der Waals surface area contributed by atoms with Crippen molar-refractivity contribution in [3.8, 4) is 11.5 Å². The zero-order valence-electron chi connectivity index (χ0n) is 15.9. The van der Waals surface area contributed by atoms with Crippen LogP contribution in [0.15, 0.2) is 51.9 Å². The summed E-state index contributed by atoms with van der Waals surface area (Å²) in [5.41, 5.74) is 0.794. The van der Waals surface area contributed by atoms with Crippen molar-refractivity contribution >= 4 is 49.4 Å². The first kappa shape index (κ1) is 21.1. The van der Waals surface area contributed by atoms with E-state index in [4.69, 9.17) is 14.2 Å². The molecule has 1 aromatic heterocycles. The molecule has 0 atom stereocenters. The minimum Gasteiger partial charge on any atom is -0.494 e. The highest BCUT2D eigenvalue weighted by atomic mass is 79.9. The molecule has 0 bridgehead atoms. The molecule has 3 aromatic rings. The molecule has 1 amide bonds. The Morgan fingerprint density at radius 3 is 2.45 bits per heavy atom. The molecular weight excluding hydrogens is 460 g/mol. The van der Waals surface area contributed by atoms with Crippen molar-refractivity contribution in [2.45, 2.75) is 13.5 Å². The van der Waals surface area contributed by atoms with Gasteiger partial charge in [-0.05, 0) is 49.4 Å². The predicted octanol–water partition coefficient (Wildman–Crippen LogP) is 3.54. The third-order valence-corrected chi connectivity index (χ3v) is 5.41. The van der Waals surface area contributed by atoms with Crippen molar-refractivity contribution < 1.29 is 23.8 Å². The van der Waals surface area contributed by atoms with Crippen LogP contribution >= 0.6 is 27.3 Å². The Morgan fingerprint density at radius 1 is 1.10 bits per heavy atom. The summed E-state index contributed by atoms with van der Waals surface area (Å²) in [6.45, 7) is 2.23.